The Hall–Kier alpha value is -1.24. The Morgan fingerprint density at radius 3 is 2.14 bits per heavy atom. The van der Waals surface area contributed by atoms with E-state index < -0.39 is 30.9 Å². The number of nitrogens with one attached hydrogen (secondary N) is 1. The molecule has 1 amide bonds. The zero-order chi connectivity index (χ0) is 17.4. The standard InChI is InChI=1S/C13H23FNO6P/c1-6-19-22(18,20-7-2)11(14)8-10(9-16)15-12(17)21-13(3,4)5/h8-10H,6-7H2,1-5H3,(H,15,17)/b11-8+/t10-/m0/s1. The van der Waals surface area contributed by atoms with E-state index in [1.54, 1.807) is 20.8 Å². The Balaban J connectivity index is 5.05. The van der Waals surface area contributed by atoms with Crippen molar-refractivity contribution < 1.29 is 32.3 Å². The molecular weight excluding hydrogens is 316 g/mol. The summed E-state index contributed by atoms with van der Waals surface area (Å²) in [6, 6.07) is -1.36. The number of hydrogen-bond donors (Lipinski definition) is 1. The number of ether oxygens (including phenoxy) is 1. The highest BCUT2D eigenvalue weighted by molar-refractivity contribution is 7.58. The molecule has 0 rings (SSSR count). The SMILES string of the molecule is CCOP(=O)(OCC)/C(F)=C/[C@@H](C=O)NC(=O)OC(C)(C)C. The highest BCUT2D eigenvalue weighted by atomic mass is 31.2. The molecule has 0 aromatic rings. The van der Waals surface area contributed by atoms with Gasteiger partial charge in [0.05, 0.1) is 13.2 Å². The lowest BCUT2D eigenvalue weighted by Crippen LogP contribution is -2.39. The number of amides is 1. The van der Waals surface area contributed by atoms with Gasteiger partial charge in [-0.25, -0.2) is 4.79 Å². The van der Waals surface area contributed by atoms with Crippen LogP contribution in [0.3, 0.4) is 0 Å². The highest BCUT2D eigenvalue weighted by Gasteiger charge is 2.31. The molecule has 0 aliphatic heterocycles. The predicted molar refractivity (Wildman–Crippen MR) is 79.3 cm³/mol. The Morgan fingerprint density at radius 2 is 1.77 bits per heavy atom. The fourth-order valence-corrected chi connectivity index (χ4v) is 2.64. The second kappa shape index (κ2) is 9.02. The first kappa shape index (κ1) is 20.8. The van der Waals surface area contributed by atoms with E-state index in [1.807, 2.05) is 0 Å². The van der Waals surface area contributed by atoms with Gasteiger partial charge >= 0.3 is 13.7 Å². The van der Waals surface area contributed by atoms with Gasteiger partial charge in [-0.05, 0) is 40.7 Å². The zero-order valence-corrected chi connectivity index (χ0v) is 14.3. The van der Waals surface area contributed by atoms with Crippen LogP contribution in [0.15, 0.2) is 11.6 Å². The molecular formula is C13H23FNO6P. The fraction of sp³-hybridized carbons (Fsp3) is 0.692. The molecule has 0 aliphatic rings. The van der Waals surface area contributed by atoms with Gasteiger partial charge in [0.25, 0.3) is 0 Å². The molecule has 0 unspecified atom stereocenters. The van der Waals surface area contributed by atoms with Gasteiger partial charge in [-0.15, -0.1) is 0 Å². The molecule has 0 radical (unpaired) electrons. The Kier molecular flexibility index (Phi) is 8.52. The fourth-order valence-electron chi connectivity index (χ4n) is 1.30. The predicted octanol–water partition coefficient (Wildman–Crippen LogP) is 3.16. The van der Waals surface area contributed by atoms with Crippen LogP contribution in [0.25, 0.3) is 0 Å². The summed E-state index contributed by atoms with van der Waals surface area (Å²) in [6.07, 6.45) is 0.0330. The van der Waals surface area contributed by atoms with Crippen molar-refractivity contribution in [2.24, 2.45) is 0 Å². The first-order valence-electron chi connectivity index (χ1n) is 6.79. The van der Waals surface area contributed by atoms with E-state index in [0.717, 1.165) is 0 Å². The smallest absolute Gasteiger partial charge is 0.408 e. The van der Waals surface area contributed by atoms with Gasteiger partial charge in [0.2, 0.25) is 5.57 Å². The zero-order valence-electron chi connectivity index (χ0n) is 13.4. The van der Waals surface area contributed by atoms with Crippen LogP contribution in [0.1, 0.15) is 34.6 Å². The van der Waals surface area contributed by atoms with Crippen molar-refractivity contribution in [1.82, 2.24) is 5.32 Å². The summed E-state index contributed by atoms with van der Waals surface area (Å²) in [4.78, 5) is 22.5. The lowest BCUT2D eigenvalue weighted by atomic mass is 10.2. The van der Waals surface area contributed by atoms with Crippen molar-refractivity contribution in [1.29, 1.82) is 0 Å². The molecule has 0 fully saturated rings. The molecule has 0 aliphatic carbocycles. The van der Waals surface area contributed by atoms with Gasteiger partial charge in [0.15, 0.2) is 0 Å². The molecule has 0 spiro atoms. The summed E-state index contributed by atoms with van der Waals surface area (Å²) in [6.45, 7) is 7.88. The number of aldehydes is 1. The van der Waals surface area contributed by atoms with Gasteiger partial charge in [0.1, 0.15) is 17.9 Å². The van der Waals surface area contributed by atoms with E-state index in [0.29, 0.717) is 6.08 Å². The topological polar surface area (TPSA) is 90.9 Å². The largest absolute Gasteiger partial charge is 0.444 e. The van der Waals surface area contributed by atoms with Crippen LogP contribution < -0.4 is 5.32 Å². The van der Waals surface area contributed by atoms with E-state index >= 15 is 0 Å². The third-order valence-corrected chi connectivity index (χ3v) is 3.88. The van der Waals surface area contributed by atoms with E-state index in [-0.39, 0.29) is 19.5 Å². The van der Waals surface area contributed by atoms with Crippen LogP contribution in [-0.4, -0.2) is 37.2 Å². The van der Waals surface area contributed by atoms with E-state index in [1.165, 1.54) is 13.8 Å². The van der Waals surface area contributed by atoms with Crippen LogP contribution in [0.5, 0.6) is 0 Å². The summed E-state index contributed by atoms with van der Waals surface area (Å²) in [7, 11) is -4.12. The third-order valence-electron chi connectivity index (χ3n) is 2.01. The number of carbonyl (C=O) groups excluding carboxylic acids is 2. The van der Waals surface area contributed by atoms with Crippen molar-refractivity contribution in [2.75, 3.05) is 13.2 Å². The molecule has 0 aromatic heterocycles. The molecule has 0 heterocycles. The van der Waals surface area contributed by atoms with Crippen molar-refractivity contribution >= 4 is 20.0 Å². The number of hydrogen-bond acceptors (Lipinski definition) is 6. The molecule has 9 heteroatoms. The molecule has 22 heavy (non-hydrogen) atoms. The van der Waals surface area contributed by atoms with E-state index in [2.05, 4.69) is 5.32 Å². The van der Waals surface area contributed by atoms with Gasteiger partial charge in [-0.3, -0.25) is 4.57 Å². The van der Waals surface area contributed by atoms with Crippen molar-refractivity contribution in [3.05, 3.63) is 11.6 Å². The summed E-state index contributed by atoms with van der Waals surface area (Å²) in [5.41, 5.74) is -2.02. The van der Waals surface area contributed by atoms with Crippen molar-refractivity contribution in [3.63, 3.8) is 0 Å². The Bertz CT molecular complexity index is 450. The lowest BCUT2D eigenvalue weighted by molar-refractivity contribution is -0.108. The maximum Gasteiger partial charge on any atom is 0.408 e. The van der Waals surface area contributed by atoms with Gasteiger partial charge < -0.3 is 23.9 Å². The van der Waals surface area contributed by atoms with Crippen molar-refractivity contribution in [3.8, 4) is 0 Å². The second-order valence-corrected chi connectivity index (χ2v) is 7.07. The van der Waals surface area contributed by atoms with Gasteiger partial charge in [-0.1, -0.05) is 0 Å². The molecule has 0 saturated heterocycles. The van der Waals surface area contributed by atoms with Crippen LogP contribution in [-0.2, 0) is 23.1 Å². The Morgan fingerprint density at radius 1 is 1.27 bits per heavy atom. The first-order valence-corrected chi connectivity index (χ1v) is 8.34. The minimum absolute atomic E-state index is 0.0379. The van der Waals surface area contributed by atoms with Gasteiger partial charge in [0, 0.05) is 0 Å². The summed E-state index contributed by atoms with van der Waals surface area (Å²) >= 11 is 0. The van der Waals surface area contributed by atoms with Crippen LogP contribution >= 0.6 is 7.60 Å². The average Bonchev–Trinajstić information content (AvgIpc) is 2.36. The number of carbonyl (C=O) groups is 2. The summed E-state index contributed by atoms with van der Waals surface area (Å²) in [5, 5.41) is 2.13. The third kappa shape index (κ3) is 7.68. The highest BCUT2D eigenvalue weighted by Crippen LogP contribution is 2.56. The van der Waals surface area contributed by atoms with Crippen LogP contribution in [0, 0.1) is 0 Å². The minimum Gasteiger partial charge on any atom is -0.444 e. The molecule has 0 saturated carbocycles. The minimum atomic E-state index is -4.12. The quantitative estimate of drug-likeness (QED) is 0.539. The average molecular weight is 339 g/mol. The molecule has 0 bridgehead atoms. The maximum absolute atomic E-state index is 14.0. The van der Waals surface area contributed by atoms with Gasteiger partial charge in [-0.2, -0.15) is 4.39 Å². The summed E-state index contributed by atoms with van der Waals surface area (Å²) in [5.74, 6) is 0. The second-order valence-electron chi connectivity index (χ2n) is 5.13. The molecule has 1 N–H and O–H groups in total. The van der Waals surface area contributed by atoms with Crippen molar-refractivity contribution in [2.45, 2.75) is 46.3 Å². The maximum atomic E-state index is 14.0. The molecule has 128 valence electrons. The lowest BCUT2D eigenvalue weighted by Gasteiger charge is -2.21. The number of alkyl carbamates (subject to hydrolysis) is 1. The molecule has 1 atom stereocenters. The Labute approximate surface area is 129 Å². The van der Waals surface area contributed by atoms with Crippen LogP contribution in [0.2, 0.25) is 0 Å². The van der Waals surface area contributed by atoms with E-state index in [4.69, 9.17) is 13.8 Å². The monoisotopic (exact) mass is 339 g/mol. The normalized spacial score (nSPS) is 14.4. The number of rotatable bonds is 8. The van der Waals surface area contributed by atoms with Crippen LogP contribution in [0.4, 0.5) is 9.18 Å². The molecule has 7 nitrogen and oxygen atoms in total. The van der Waals surface area contributed by atoms with E-state index in [9.17, 15) is 18.5 Å². The summed E-state index contributed by atoms with van der Waals surface area (Å²) < 4.78 is 40.7. The first-order chi connectivity index (χ1) is 10.1. The number of halogens is 1. The molecule has 0 aromatic carbocycles.